The van der Waals surface area contributed by atoms with Crippen LogP contribution < -0.4 is 4.31 Å². The Morgan fingerprint density at radius 2 is 1.67 bits per heavy atom. The fourth-order valence-corrected chi connectivity index (χ4v) is 2.31. The van der Waals surface area contributed by atoms with Gasteiger partial charge in [0.05, 0.1) is 5.56 Å². The Kier molecular flexibility index (Phi) is 3.89. The molecular formula is C14H13NO2S. The van der Waals surface area contributed by atoms with Gasteiger partial charge in [0, 0.05) is 17.6 Å². The second-order valence-electron chi connectivity index (χ2n) is 3.75. The summed E-state index contributed by atoms with van der Waals surface area (Å²) in [6, 6.07) is 16.9. The van der Waals surface area contributed by atoms with E-state index in [4.69, 9.17) is 5.11 Å². The van der Waals surface area contributed by atoms with E-state index < -0.39 is 5.97 Å². The first-order chi connectivity index (χ1) is 8.66. The Bertz CT molecular complexity index is 525. The summed E-state index contributed by atoms with van der Waals surface area (Å²) in [5.41, 5.74) is 1.41. The van der Waals surface area contributed by atoms with Gasteiger partial charge in [-0.05, 0) is 48.3 Å². The molecule has 2 aromatic rings. The van der Waals surface area contributed by atoms with Crippen molar-refractivity contribution in [1.29, 1.82) is 0 Å². The number of carboxylic acid groups (broad SMARTS) is 1. The highest BCUT2D eigenvalue weighted by atomic mass is 32.2. The van der Waals surface area contributed by atoms with Crippen molar-refractivity contribution in [1.82, 2.24) is 0 Å². The maximum absolute atomic E-state index is 10.7. The zero-order valence-corrected chi connectivity index (χ0v) is 10.7. The first kappa shape index (κ1) is 12.5. The van der Waals surface area contributed by atoms with Gasteiger partial charge in [-0.25, -0.2) is 4.79 Å². The molecule has 0 atom stereocenters. The van der Waals surface area contributed by atoms with Crippen LogP contribution in [0.25, 0.3) is 0 Å². The summed E-state index contributed by atoms with van der Waals surface area (Å²) >= 11 is 1.56. The number of rotatable bonds is 4. The second kappa shape index (κ2) is 5.60. The van der Waals surface area contributed by atoms with E-state index in [2.05, 4.69) is 0 Å². The molecule has 4 heteroatoms. The summed E-state index contributed by atoms with van der Waals surface area (Å²) in [4.78, 5) is 11.7. The van der Waals surface area contributed by atoms with Gasteiger partial charge in [0.25, 0.3) is 0 Å². The molecule has 92 valence electrons. The van der Waals surface area contributed by atoms with E-state index in [1.165, 1.54) is 0 Å². The Balaban J connectivity index is 2.08. The monoisotopic (exact) mass is 259 g/mol. The molecule has 0 saturated heterocycles. The summed E-state index contributed by atoms with van der Waals surface area (Å²) in [5, 5.41) is 8.82. The molecule has 0 heterocycles. The third-order valence-corrected chi connectivity index (χ3v) is 3.43. The minimum atomic E-state index is -0.900. The third-order valence-electron chi connectivity index (χ3n) is 2.46. The van der Waals surface area contributed by atoms with Crippen LogP contribution in [0.15, 0.2) is 59.5 Å². The van der Waals surface area contributed by atoms with Crippen molar-refractivity contribution in [2.75, 3.05) is 11.4 Å². The van der Waals surface area contributed by atoms with Crippen LogP contribution in [0.3, 0.4) is 0 Å². The van der Waals surface area contributed by atoms with Crippen molar-refractivity contribution in [3.05, 3.63) is 60.2 Å². The average Bonchev–Trinajstić information content (AvgIpc) is 2.40. The largest absolute Gasteiger partial charge is 0.478 e. The Morgan fingerprint density at radius 3 is 2.22 bits per heavy atom. The molecule has 3 nitrogen and oxygen atoms in total. The van der Waals surface area contributed by atoms with Gasteiger partial charge in [0.15, 0.2) is 0 Å². The van der Waals surface area contributed by atoms with Gasteiger partial charge >= 0.3 is 5.97 Å². The van der Waals surface area contributed by atoms with Crippen molar-refractivity contribution in [3.8, 4) is 0 Å². The molecule has 0 aliphatic rings. The molecule has 0 aromatic heterocycles. The van der Waals surface area contributed by atoms with E-state index >= 15 is 0 Å². The smallest absolute Gasteiger partial charge is 0.335 e. The van der Waals surface area contributed by atoms with Crippen molar-refractivity contribution in [3.63, 3.8) is 0 Å². The highest BCUT2D eigenvalue weighted by Gasteiger charge is 2.05. The fourth-order valence-electron chi connectivity index (χ4n) is 1.51. The molecule has 0 amide bonds. The minimum absolute atomic E-state index is 0.307. The number of anilines is 1. The van der Waals surface area contributed by atoms with E-state index in [1.54, 1.807) is 24.1 Å². The lowest BCUT2D eigenvalue weighted by atomic mass is 10.2. The molecule has 2 aromatic carbocycles. The highest BCUT2D eigenvalue weighted by Crippen LogP contribution is 2.26. The van der Waals surface area contributed by atoms with Crippen molar-refractivity contribution in [2.24, 2.45) is 0 Å². The molecular weight excluding hydrogens is 246 g/mol. The van der Waals surface area contributed by atoms with Gasteiger partial charge in [-0.1, -0.05) is 18.2 Å². The summed E-state index contributed by atoms with van der Waals surface area (Å²) in [5.74, 6) is -0.900. The normalized spacial score (nSPS) is 10.1. The molecule has 0 aliphatic carbocycles. The molecule has 2 rings (SSSR count). The number of aromatic carboxylic acids is 1. The van der Waals surface area contributed by atoms with Crippen LogP contribution in [-0.2, 0) is 0 Å². The minimum Gasteiger partial charge on any atom is -0.478 e. The van der Waals surface area contributed by atoms with E-state index in [0.717, 1.165) is 10.6 Å². The van der Waals surface area contributed by atoms with Crippen LogP contribution in [0.2, 0.25) is 0 Å². The fraction of sp³-hybridized carbons (Fsp3) is 0.0714. The maximum atomic E-state index is 10.7. The van der Waals surface area contributed by atoms with Gasteiger partial charge in [-0.15, -0.1) is 0 Å². The maximum Gasteiger partial charge on any atom is 0.335 e. The number of hydrogen-bond donors (Lipinski definition) is 1. The number of carboxylic acids is 1. The van der Waals surface area contributed by atoms with Crippen LogP contribution in [-0.4, -0.2) is 18.1 Å². The number of nitrogens with zero attached hydrogens (tertiary/aromatic N) is 1. The predicted molar refractivity (Wildman–Crippen MR) is 74.1 cm³/mol. The number of carbonyl (C=O) groups is 1. The molecule has 0 aliphatic heterocycles. The van der Waals surface area contributed by atoms with E-state index in [9.17, 15) is 4.79 Å². The molecule has 1 N–H and O–H groups in total. The van der Waals surface area contributed by atoms with Crippen molar-refractivity contribution >= 4 is 23.6 Å². The lowest BCUT2D eigenvalue weighted by Gasteiger charge is -2.17. The van der Waals surface area contributed by atoms with Gasteiger partial charge in [0.1, 0.15) is 0 Å². The molecule has 0 spiro atoms. The molecule has 0 saturated carbocycles. The molecule has 0 radical (unpaired) electrons. The molecule has 18 heavy (non-hydrogen) atoms. The summed E-state index contributed by atoms with van der Waals surface area (Å²) in [7, 11) is 1.98. The van der Waals surface area contributed by atoms with Crippen LogP contribution in [0.5, 0.6) is 0 Å². The summed E-state index contributed by atoms with van der Waals surface area (Å²) in [6.45, 7) is 0. The second-order valence-corrected chi connectivity index (χ2v) is 4.96. The zero-order chi connectivity index (χ0) is 13.0. The molecule has 0 fully saturated rings. The lowest BCUT2D eigenvalue weighted by molar-refractivity contribution is 0.0697. The number of benzene rings is 2. The van der Waals surface area contributed by atoms with Crippen LogP contribution >= 0.6 is 11.9 Å². The van der Waals surface area contributed by atoms with Gasteiger partial charge in [0.2, 0.25) is 0 Å². The van der Waals surface area contributed by atoms with E-state index in [0.29, 0.717) is 5.56 Å². The number of para-hydroxylation sites is 1. The van der Waals surface area contributed by atoms with Crippen LogP contribution in [0.4, 0.5) is 5.69 Å². The average molecular weight is 259 g/mol. The summed E-state index contributed by atoms with van der Waals surface area (Å²) < 4.78 is 2.04. The SMILES string of the molecule is CN(Sc1ccc(C(=O)O)cc1)c1ccccc1. The van der Waals surface area contributed by atoms with E-state index in [1.807, 2.05) is 53.8 Å². The highest BCUT2D eigenvalue weighted by molar-refractivity contribution is 8.00. The molecule has 0 unspecified atom stereocenters. The molecule has 0 bridgehead atoms. The van der Waals surface area contributed by atoms with Crippen molar-refractivity contribution in [2.45, 2.75) is 4.90 Å². The standard InChI is InChI=1S/C14H13NO2S/c1-15(12-5-3-2-4-6-12)18-13-9-7-11(8-10-13)14(16)17/h2-10H,1H3,(H,16,17). The Labute approximate surface area is 110 Å². The first-order valence-electron chi connectivity index (χ1n) is 5.47. The van der Waals surface area contributed by atoms with Crippen molar-refractivity contribution < 1.29 is 9.90 Å². The first-order valence-corrected chi connectivity index (χ1v) is 6.24. The Morgan fingerprint density at radius 1 is 1.06 bits per heavy atom. The Hall–Kier alpha value is -1.94. The zero-order valence-electron chi connectivity index (χ0n) is 9.91. The quantitative estimate of drug-likeness (QED) is 0.853. The van der Waals surface area contributed by atoms with Crippen LogP contribution in [0.1, 0.15) is 10.4 Å². The summed E-state index contributed by atoms with van der Waals surface area (Å²) in [6.07, 6.45) is 0. The van der Waals surface area contributed by atoms with Gasteiger partial charge < -0.3 is 9.41 Å². The van der Waals surface area contributed by atoms with E-state index in [-0.39, 0.29) is 0 Å². The van der Waals surface area contributed by atoms with Gasteiger partial charge in [-0.2, -0.15) is 0 Å². The number of hydrogen-bond acceptors (Lipinski definition) is 3. The topological polar surface area (TPSA) is 40.5 Å². The van der Waals surface area contributed by atoms with Gasteiger partial charge in [-0.3, -0.25) is 0 Å². The van der Waals surface area contributed by atoms with Crippen LogP contribution in [0, 0.1) is 0 Å². The predicted octanol–water partition coefficient (Wildman–Crippen LogP) is 3.53. The lowest BCUT2D eigenvalue weighted by Crippen LogP contribution is -2.05. The third kappa shape index (κ3) is 3.05.